The van der Waals surface area contributed by atoms with E-state index in [0.29, 0.717) is 39.4 Å². The molecular weight excluding hydrogens is 576 g/mol. The largest absolute Gasteiger partial charge is 1.00 e. The third-order valence-corrected chi connectivity index (χ3v) is 7.03. The summed E-state index contributed by atoms with van der Waals surface area (Å²) < 4.78 is 38.2. The van der Waals surface area contributed by atoms with Gasteiger partial charge >= 0.3 is 29.6 Å². The minimum absolute atomic E-state index is 0. The maximum absolute atomic E-state index is 13.4. The van der Waals surface area contributed by atoms with Crippen molar-refractivity contribution in [3.05, 3.63) is 81.8 Å². The first-order valence-corrected chi connectivity index (χ1v) is 13.3. The molecule has 0 aromatic heterocycles. The first-order valence-electron chi connectivity index (χ1n) is 11.2. The number of hydrogen-bond donors (Lipinski definition) is 2. The number of rotatable bonds is 7. The molecule has 0 bridgehead atoms. The van der Waals surface area contributed by atoms with Gasteiger partial charge < -0.3 is 15.2 Å². The number of anilines is 1. The average molecular weight is 596 g/mol. The summed E-state index contributed by atoms with van der Waals surface area (Å²) in [4.78, 5) is 12.8. The SMILES string of the molecule is CCOc1cc(Cl)ccc1NC(=O)c1cc2ccccc2c(N=Nc2cc(S(=O)(=O)O)cc(C)c2Cl)c1[O-].[Na+]. The van der Waals surface area contributed by atoms with Gasteiger partial charge in [-0.1, -0.05) is 53.2 Å². The second-order valence-corrected chi connectivity index (χ2v) is 10.3. The molecular formula is C26H20Cl2N3NaO6S. The van der Waals surface area contributed by atoms with Crippen LogP contribution >= 0.6 is 23.2 Å². The zero-order valence-electron chi connectivity index (χ0n) is 21.0. The fraction of sp³-hybridized carbons (Fsp3) is 0.115. The smallest absolute Gasteiger partial charge is 0.870 e. The fourth-order valence-corrected chi connectivity index (χ4v) is 4.58. The van der Waals surface area contributed by atoms with E-state index in [9.17, 15) is 22.9 Å². The van der Waals surface area contributed by atoms with E-state index < -0.39 is 26.7 Å². The third-order valence-electron chi connectivity index (χ3n) is 5.48. The predicted octanol–water partition coefficient (Wildman–Crippen LogP) is 3.85. The van der Waals surface area contributed by atoms with Crippen molar-refractivity contribution in [3.63, 3.8) is 0 Å². The predicted molar refractivity (Wildman–Crippen MR) is 144 cm³/mol. The van der Waals surface area contributed by atoms with Gasteiger partial charge in [0, 0.05) is 22.0 Å². The fourth-order valence-electron chi connectivity index (χ4n) is 3.69. The number of nitrogens with one attached hydrogen (secondary N) is 1. The molecule has 0 heterocycles. The van der Waals surface area contributed by atoms with Crippen LogP contribution in [0.1, 0.15) is 22.8 Å². The Labute approximate surface area is 256 Å². The van der Waals surface area contributed by atoms with Crippen molar-refractivity contribution in [2.24, 2.45) is 10.2 Å². The molecule has 0 aliphatic heterocycles. The molecule has 0 aliphatic rings. The van der Waals surface area contributed by atoms with Gasteiger partial charge in [0.2, 0.25) is 0 Å². The van der Waals surface area contributed by atoms with Crippen molar-refractivity contribution < 1.29 is 57.2 Å². The van der Waals surface area contributed by atoms with Gasteiger partial charge in [-0.3, -0.25) is 9.35 Å². The maximum Gasteiger partial charge on any atom is 1.00 e. The molecule has 39 heavy (non-hydrogen) atoms. The van der Waals surface area contributed by atoms with Crippen LogP contribution in [0.4, 0.5) is 17.1 Å². The molecule has 9 nitrogen and oxygen atoms in total. The van der Waals surface area contributed by atoms with Gasteiger partial charge in [0.1, 0.15) is 11.4 Å². The second-order valence-electron chi connectivity index (χ2n) is 8.10. The van der Waals surface area contributed by atoms with Crippen LogP contribution in [0.25, 0.3) is 10.8 Å². The first kappa shape index (κ1) is 30.8. The molecule has 4 aromatic carbocycles. The van der Waals surface area contributed by atoms with Crippen LogP contribution in [0.3, 0.4) is 0 Å². The van der Waals surface area contributed by atoms with E-state index in [1.54, 1.807) is 49.4 Å². The summed E-state index contributed by atoms with van der Waals surface area (Å²) in [5.74, 6) is -1.08. The number of aryl methyl sites for hydroxylation is 1. The molecule has 0 atom stereocenters. The van der Waals surface area contributed by atoms with Crippen LogP contribution in [0.5, 0.6) is 11.5 Å². The monoisotopic (exact) mass is 595 g/mol. The third kappa shape index (κ3) is 6.90. The van der Waals surface area contributed by atoms with Crippen molar-refractivity contribution in [1.29, 1.82) is 0 Å². The Morgan fingerprint density at radius 3 is 2.49 bits per heavy atom. The van der Waals surface area contributed by atoms with E-state index in [-0.39, 0.29) is 51.5 Å². The quantitative estimate of drug-likeness (QED) is 0.189. The van der Waals surface area contributed by atoms with E-state index in [1.807, 2.05) is 0 Å². The van der Waals surface area contributed by atoms with Crippen molar-refractivity contribution in [2.75, 3.05) is 11.9 Å². The molecule has 196 valence electrons. The van der Waals surface area contributed by atoms with E-state index >= 15 is 0 Å². The summed E-state index contributed by atoms with van der Waals surface area (Å²) in [5.41, 5.74) is 0.204. The number of carbonyl (C=O) groups excluding carboxylic acids is 1. The summed E-state index contributed by atoms with van der Waals surface area (Å²) in [6.07, 6.45) is 0. The van der Waals surface area contributed by atoms with Crippen molar-refractivity contribution in [2.45, 2.75) is 18.7 Å². The standard InChI is InChI=1S/C26H21Cl2N3O6S.Na/c1-3-37-22-12-16(27)8-9-20(22)29-26(33)19-11-15-6-4-5-7-18(15)24(25(19)32)31-30-21-13-17(38(34,35)36)10-14(2)23(21)28;/h4-13,32H,3H2,1-2H3,(H,29,33)(H,34,35,36);/q;+1/p-1. The topological polar surface area (TPSA) is 140 Å². The van der Waals surface area contributed by atoms with E-state index in [0.717, 1.165) is 6.07 Å². The molecule has 0 aliphatic carbocycles. The number of hydrogen-bond acceptors (Lipinski definition) is 7. The van der Waals surface area contributed by atoms with Gasteiger partial charge in [0.05, 0.1) is 27.9 Å². The normalized spacial score (nSPS) is 11.4. The summed E-state index contributed by atoms with van der Waals surface area (Å²) in [6.45, 7) is 3.64. The van der Waals surface area contributed by atoms with Crippen molar-refractivity contribution in [1.82, 2.24) is 0 Å². The molecule has 0 saturated heterocycles. The molecule has 13 heteroatoms. The molecule has 4 aromatic rings. The Kier molecular flexibility index (Phi) is 10.0. The number of fused-ring (bicyclic) bond motifs is 1. The van der Waals surface area contributed by atoms with E-state index in [1.165, 1.54) is 19.1 Å². The second kappa shape index (κ2) is 12.6. The van der Waals surface area contributed by atoms with Gasteiger partial charge in [0.25, 0.3) is 16.0 Å². The van der Waals surface area contributed by atoms with Gasteiger partial charge in [-0.2, -0.15) is 13.5 Å². The number of azo groups is 1. The molecule has 0 radical (unpaired) electrons. The minimum Gasteiger partial charge on any atom is -0.870 e. The minimum atomic E-state index is -4.54. The van der Waals surface area contributed by atoms with Crippen LogP contribution in [-0.2, 0) is 10.1 Å². The maximum atomic E-state index is 13.4. The summed E-state index contributed by atoms with van der Waals surface area (Å²) in [5, 5.41) is 25.6. The number of benzene rings is 4. The number of ether oxygens (including phenoxy) is 1. The van der Waals surface area contributed by atoms with Gasteiger partial charge in [0.15, 0.2) is 0 Å². The average Bonchev–Trinajstić information content (AvgIpc) is 2.86. The Morgan fingerprint density at radius 1 is 1.08 bits per heavy atom. The zero-order chi connectivity index (χ0) is 27.6. The summed E-state index contributed by atoms with van der Waals surface area (Å²) >= 11 is 12.3. The Hall–Kier alpha value is -2.70. The molecule has 4 rings (SSSR count). The van der Waals surface area contributed by atoms with E-state index in [4.69, 9.17) is 27.9 Å². The van der Waals surface area contributed by atoms with E-state index in [2.05, 4.69) is 15.5 Å². The number of nitrogens with zero attached hydrogens (tertiary/aromatic N) is 2. The molecule has 2 N–H and O–H groups in total. The number of carbonyl (C=O) groups is 1. The Bertz CT molecular complexity index is 1710. The summed E-state index contributed by atoms with van der Waals surface area (Å²) in [7, 11) is -4.54. The molecule has 1 amide bonds. The summed E-state index contributed by atoms with van der Waals surface area (Å²) in [6, 6.07) is 15.1. The van der Waals surface area contributed by atoms with Crippen LogP contribution < -0.4 is 44.7 Å². The van der Waals surface area contributed by atoms with Crippen LogP contribution in [0.15, 0.2) is 75.8 Å². The van der Waals surface area contributed by atoms with Crippen LogP contribution in [-0.4, -0.2) is 25.5 Å². The molecule has 0 unspecified atom stereocenters. The number of halogens is 2. The van der Waals surface area contributed by atoms with Crippen LogP contribution in [0.2, 0.25) is 10.0 Å². The molecule has 0 spiro atoms. The van der Waals surface area contributed by atoms with Crippen LogP contribution in [0, 0.1) is 6.92 Å². The van der Waals surface area contributed by atoms with Gasteiger partial charge in [-0.15, -0.1) is 5.11 Å². The first-order chi connectivity index (χ1) is 18.0. The Morgan fingerprint density at radius 2 is 1.79 bits per heavy atom. The number of amides is 1. The molecule has 0 fully saturated rings. The zero-order valence-corrected chi connectivity index (χ0v) is 25.4. The van der Waals surface area contributed by atoms with Gasteiger partial charge in [-0.05, 0) is 55.1 Å². The van der Waals surface area contributed by atoms with Gasteiger partial charge in [-0.25, -0.2) is 0 Å². The van der Waals surface area contributed by atoms with Crippen molar-refractivity contribution >= 4 is 67.1 Å². The molecule has 0 saturated carbocycles. The Balaban J connectivity index is 0.00000420. The van der Waals surface area contributed by atoms with Crippen molar-refractivity contribution in [3.8, 4) is 11.5 Å².